The number of hydrogen-bond acceptors (Lipinski definition) is 5. The summed E-state index contributed by atoms with van der Waals surface area (Å²) in [5, 5.41) is 15.4. The predicted molar refractivity (Wildman–Crippen MR) is 94.8 cm³/mol. The average Bonchev–Trinajstić information content (AvgIpc) is 3.15. The number of amides is 1. The average molecular weight is 345 g/mol. The Morgan fingerprint density at radius 2 is 2.21 bits per heavy atom. The van der Waals surface area contributed by atoms with Crippen molar-refractivity contribution < 1.29 is 9.90 Å². The topological polar surface area (TPSA) is 65.5 Å². The Bertz CT molecular complexity index is 633. The second-order valence-corrected chi connectivity index (χ2v) is 7.01. The van der Waals surface area contributed by atoms with Crippen molar-refractivity contribution >= 4 is 17.2 Å². The van der Waals surface area contributed by atoms with Crippen LogP contribution in [-0.2, 0) is 4.79 Å². The molecule has 1 saturated heterocycles. The van der Waals surface area contributed by atoms with Crippen LogP contribution in [0, 0.1) is 0 Å². The van der Waals surface area contributed by atoms with Gasteiger partial charge in [-0.3, -0.25) is 9.69 Å². The van der Waals surface area contributed by atoms with Crippen molar-refractivity contribution in [3.05, 3.63) is 52.5 Å². The van der Waals surface area contributed by atoms with Crippen LogP contribution >= 0.6 is 11.3 Å². The minimum atomic E-state index is -0.226. The van der Waals surface area contributed by atoms with Crippen molar-refractivity contribution in [2.75, 3.05) is 19.7 Å². The first-order valence-electron chi connectivity index (χ1n) is 8.36. The van der Waals surface area contributed by atoms with Crippen LogP contribution < -0.4 is 5.32 Å². The summed E-state index contributed by atoms with van der Waals surface area (Å²) >= 11 is 1.54. The first-order valence-corrected chi connectivity index (χ1v) is 9.24. The maximum Gasteiger partial charge on any atom is 0.235 e. The maximum absolute atomic E-state index is 12.6. The summed E-state index contributed by atoms with van der Waals surface area (Å²) in [5.74, 6) is -0.0283. The van der Waals surface area contributed by atoms with Crippen LogP contribution in [-0.4, -0.2) is 46.6 Å². The fourth-order valence-corrected chi connectivity index (χ4v) is 3.89. The van der Waals surface area contributed by atoms with E-state index in [4.69, 9.17) is 0 Å². The van der Waals surface area contributed by atoms with Crippen LogP contribution in [0.2, 0.25) is 0 Å². The molecule has 0 radical (unpaired) electrons. The van der Waals surface area contributed by atoms with Crippen LogP contribution in [0.25, 0.3) is 0 Å². The van der Waals surface area contributed by atoms with E-state index >= 15 is 0 Å². The molecule has 1 aliphatic rings. The van der Waals surface area contributed by atoms with Gasteiger partial charge in [-0.25, -0.2) is 4.98 Å². The zero-order valence-electron chi connectivity index (χ0n) is 13.6. The van der Waals surface area contributed by atoms with E-state index in [0.29, 0.717) is 6.54 Å². The number of carbonyl (C=O) groups excluding carboxylic acids is 1. The molecular formula is C18H23N3O2S. The summed E-state index contributed by atoms with van der Waals surface area (Å²) < 4.78 is 0. The van der Waals surface area contributed by atoms with Crippen molar-refractivity contribution in [1.29, 1.82) is 0 Å². The summed E-state index contributed by atoms with van der Waals surface area (Å²) in [6.45, 7) is 1.30. The number of nitrogens with one attached hydrogen (secondary N) is 1. The number of piperidine rings is 1. The molecule has 0 aliphatic carbocycles. The predicted octanol–water partition coefficient (Wildman–Crippen LogP) is 2.20. The van der Waals surface area contributed by atoms with E-state index in [1.54, 1.807) is 6.20 Å². The van der Waals surface area contributed by atoms with E-state index in [1.807, 2.05) is 35.7 Å². The Hall–Kier alpha value is -1.76. The monoisotopic (exact) mass is 345 g/mol. The van der Waals surface area contributed by atoms with Gasteiger partial charge in [0.25, 0.3) is 0 Å². The molecule has 1 aliphatic heterocycles. The van der Waals surface area contributed by atoms with Gasteiger partial charge in [0.05, 0.1) is 13.2 Å². The number of hydrogen-bond donors (Lipinski definition) is 2. The number of thiazole rings is 1. The van der Waals surface area contributed by atoms with Crippen molar-refractivity contribution in [2.24, 2.45) is 0 Å². The molecule has 2 heterocycles. The van der Waals surface area contributed by atoms with Crippen molar-refractivity contribution in [3.63, 3.8) is 0 Å². The van der Waals surface area contributed by atoms with Gasteiger partial charge >= 0.3 is 0 Å². The largest absolute Gasteiger partial charge is 0.395 e. The van der Waals surface area contributed by atoms with Crippen LogP contribution in [0.15, 0.2) is 41.9 Å². The fourth-order valence-electron chi connectivity index (χ4n) is 3.18. The van der Waals surface area contributed by atoms with Crippen LogP contribution in [0.4, 0.5) is 0 Å². The lowest BCUT2D eigenvalue weighted by Crippen LogP contribution is -2.47. The number of nitrogens with zero attached hydrogens (tertiary/aromatic N) is 2. The molecule has 2 N–H and O–H groups in total. The SMILES string of the molecule is O=C(CN1CCCC[C@@H]1CO)NC(c1ccccc1)c1nccs1. The number of aliphatic hydroxyl groups is 1. The molecule has 2 aromatic rings. The number of aromatic nitrogens is 1. The highest BCUT2D eigenvalue weighted by molar-refractivity contribution is 7.09. The second-order valence-electron chi connectivity index (χ2n) is 6.08. The van der Waals surface area contributed by atoms with Crippen molar-refractivity contribution in [3.8, 4) is 0 Å². The minimum Gasteiger partial charge on any atom is -0.395 e. The van der Waals surface area contributed by atoms with E-state index in [9.17, 15) is 9.90 Å². The summed E-state index contributed by atoms with van der Waals surface area (Å²) in [5.41, 5.74) is 1.03. The number of aliphatic hydroxyl groups excluding tert-OH is 1. The molecule has 1 amide bonds. The zero-order valence-corrected chi connectivity index (χ0v) is 14.4. The summed E-state index contributed by atoms with van der Waals surface area (Å²) in [4.78, 5) is 19.1. The van der Waals surface area contributed by atoms with Gasteiger partial charge in [-0.2, -0.15) is 0 Å². The fraction of sp³-hybridized carbons (Fsp3) is 0.444. The molecule has 1 fully saturated rings. The number of carbonyl (C=O) groups is 1. The quantitative estimate of drug-likeness (QED) is 0.842. The molecule has 24 heavy (non-hydrogen) atoms. The lowest BCUT2D eigenvalue weighted by Gasteiger charge is -2.34. The third-order valence-corrected chi connectivity index (χ3v) is 5.28. The van der Waals surface area contributed by atoms with E-state index in [-0.39, 0.29) is 24.6 Å². The number of rotatable bonds is 6. The zero-order chi connectivity index (χ0) is 16.8. The van der Waals surface area contributed by atoms with E-state index < -0.39 is 0 Å². The van der Waals surface area contributed by atoms with Crippen LogP contribution in [0.1, 0.15) is 35.9 Å². The van der Waals surface area contributed by atoms with E-state index in [0.717, 1.165) is 36.4 Å². The Kier molecular flexibility index (Phi) is 5.96. The highest BCUT2D eigenvalue weighted by Crippen LogP contribution is 2.24. The molecule has 6 heteroatoms. The molecule has 1 aromatic heterocycles. The van der Waals surface area contributed by atoms with Gasteiger partial charge in [0.2, 0.25) is 5.91 Å². The molecule has 3 rings (SSSR count). The van der Waals surface area contributed by atoms with Gasteiger partial charge in [0.1, 0.15) is 11.0 Å². The Balaban J connectivity index is 1.69. The first-order chi connectivity index (χ1) is 11.8. The Labute approximate surface area is 146 Å². The highest BCUT2D eigenvalue weighted by atomic mass is 32.1. The number of likely N-dealkylation sites (tertiary alicyclic amines) is 1. The molecule has 2 atom stereocenters. The maximum atomic E-state index is 12.6. The molecule has 5 nitrogen and oxygen atoms in total. The van der Waals surface area contributed by atoms with Crippen LogP contribution in [0.5, 0.6) is 0 Å². The molecule has 0 saturated carbocycles. The van der Waals surface area contributed by atoms with Crippen LogP contribution in [0.3, 0.4) is 0 Å². The Morgan fingerprint density at radius 1 is 1.38 bits per heavy atom. The number of benzene rings is 1. The normalized spacial score (nSPS) is 19.8. The van der Waals surface area contributed by atoms with Gasteiger partial charge in [0.15, 0.2) is 0 Å². The molecule has 1 aromatic carbocycles. The van der Waals surface area contributed by atoms with E-state index in [1.165, 1.54) is 11.3 Å². The van der Waals surface area contributed by atoms with Gasteiger partial charge in [-0.15, -0.1) is 11.3 Å². The lowest BCUT2D eigenvalue weighted by atomic mass is 10.0. The van der Waals surface area contributed by atoms with Crippen molar-refractivity contribution in [1.82, 2.24) is 15.2 Å². The summed E-state index contributed by atoms with van der Waals surface area (Å²) in [6, 6.07) is 9.77. The third-order valence-electron chi connectivity index (χ3n) is 4.44. The molecular weight excluding hydrogens is 322 g/mol. The highest BCUT2D eigenvalue weighted by Gasteiger charge is 2.25. The van der Waals surface area contributed by atoms with Gasteiger partial charge in [0, 0.05) is 17.6 Å². The molecule has 128 valence electrons. The molecule has 0 spiro atoms. The lowest BCUT2D eigenvalue weighted by molar-refractivity contribution is -0.123. The molecule has 1 unspecified atom stereocenters. The third kappa shape index (κ3) is 4.20. The standard InChI is InChI=1S/C18H23N3O2S/c22-13-15-8-4-5-10-21(15)12-16(23)20-17(18-19-9-11-24-18)14-6-2-1-3-7-14/h1-3,6-7,9,11,15,17,22H,4-5,8,10,12-13H2,(H,20,23)/t15-,17?/m1/s1. The van der Waals surface area contributed by atoms with Gasteiger partial charge in [-0.1, -0.05) is 36.8 Å². The molecule has 0 bridgehead atoms. The van der Waals surface area contributed by atoms with Crippen molar-refractivity contribution in [2.45, 2.75) is 31.3 Å². The van der Waals surface area contributed by atoms with Gasteiger partial charge < -0.3 is 10.4 Å². The Morgan fingerprint density at radius 3 is 2.92 bits per heavy atom. The minimum absolute atomic E-state index is 0.0283. The summed E-state index contributed by atoms with van der Waals surface area (Å²) in [6.07, 6.45) is 4.92. The summed E-state index contributed by atoms with van der Waals surface area (Å²) in [7, 11) is 0. The first kappa shape index (κ1) is 17.1. The van der Waals surface area contributed by atoms with E-state index in [2.05, 4.69) is 15.2 Å². The second kappa shape index (κ2) is 8.37. The van der Waals surface area contributed by atoms with Gasteiger partial charge in [-0.05, 0) is 24.9 Å². The smallest absolute Gasteiger partial charge is 0.235 e.